The molecule has 1 aromatic carbocycles. The van der Waals surface area contributed by atoms with E-state index in [9.17, 15) is 44.5 Å². The predicted molar refractivity (Wildman–Crippen MR) is 142 cm³/mol. The van der Waals surface area contributed by atoms with Crippen molar-refractivity contribution in [3.05, 3.63) is 22.3 Å². The van der Waals surface area contributed by atoms with Gasteiger partial charge in [0.05, 0.1) is 15.6 Å². The first-order valence-electron chi connectivity index (χ1n) is 10.3. The first-order valence-corrected chi connectivity index (χ1v) is 15.9. The Bertz CT molecular complexity index is 1280. The van der Waals surface area contributed by atoms with Crippen molar-refractivity contribution in [3.63, 3.8) is 0 Å². The molecule has 38 heavy (non-hydrogen) atoms. The summed E-state index contributed by atoms with van der Waals surface area (Å²) in [4.78, 5) is 23.4. The molecule has 1 spiro atoms. The van der Waals surface area contributed by atoms with Crippen LogP contribution in [-0.4, -0.2) is 66.2 Å². The second-order valence-corrected chi connectivity index (χ2v) is 14.5. The van der Waals surface area contributed by atoms with E-state index in [-0.39, 0.29) is 12.8 Å². The van der Waals surface area contributed by atoms with Gasteiger partial charge in [-0.15, -0.1) is 11.8 Å². The van der Waals surface area contributed by atoms with E-state index >= 15 is 0 Å². The second-order valence-electron chi connectivity index (χ2n) is 8.41. The van der Waals surface area contributed by atoms with Crippen LogP contribution in [-0.2, 0) is 39.7 Å². The van der Waals surface area contributed by atoms with Gasteiger partial charge < -0.3 is 23.5 Å². The molecule has 9 nitrogen and oxygen atoms in total. The van der Waals surface area contributed by atoms with Crippen LogP contribution < -0.4 is 4.74 Å². The van der Waals surface area contributed by atoms with E-state index in [1.165, 1.54) is 11.8 Å². The second kappa shape index (κ2) is 10.7. The summed E-state index contributed by atoms with van der Waals surface area (Å²) in [6, 6.07) is 1.98. The van der Waals surface area contributed by atoms with Gasteiger partial charge in [-0.2, -0.15) is 22.0 Å². The van der Waals surface area contributed by atoms with Crippen LogP contribution in [0.25, 0.3) is 0 Å². The Hall–Kier alpha value is 0.0200. The Morgan fingerprint density at radius 3 is 2.42 bits per heavy atom. The van der Waals surface area contributed by atoms with Gasteiger partial charge in [0.25, 0.3) is 6.10 Å². The van der Waals surface area contributed by atoms with Gasteiger partial charge in [0, 0.05) is 24.9 Å². The van der Waals surface area contributed by atoms with Gasteiger partial charge in [-0.05, 0) is 80.3 Å². The van der Waals surface area contributed by atoms with Crippen LogP contribution in [0, 0.1) is 16.6 Å². The maximum atomic E-state index is 13.5. The number of ether oxygens (including phenoxy) is 4. The summed E-state index contributed by atoms with van der Waals surface area (Å²) in [7, 11) is -6.84. The number of hydrogen-bond acceptors (Lipinski definition) is 10. The predicted octanol–water partition coefficient (Wildman–Crippen LogP) is 4.16. The summed E-state index contributed by atoms with van der Waals surface area (Å²) in [5, 5.41) is -6.00. The molecule has 0 radical (unpaired) electrons. The monoisotopic (exact) mass is 925 g/mol. The minimum atomic E-state index is -6.84. The van der Waals surface area contributed by atoms with Gasteiger partial charge in [0.15, 0.2) is 21.7 Å². The van der Waals surface area contributed by atoms with E-state index in [0.717, 1.165) is 22.0 Å². The number of halogens is 8. The van der Waals surface area contributed by atoms with Crippen molar-refractivity contribution in [1.82, 2.24) is 0 Å². The van der Waals surface area contributed by atoms with E-state index < -0.39 is 69.3 Å². The molecule has 3 aliphatic rings. The SMILES string of the molecule is O=C(COC(=O)C1CC2OC1CC21Oc2c(I)cc(I)c(I)c2CS1)OC(C(F)(F)F)C(F)(F)S(=O)(=O)[O-]. The van der Waals surface area contributed by atoms with Crippen LogP contribution in [0.1, 0.15) is 18.4 Å². The normalized spacial score (nSPS) is 27.6. The van der Waals surface area contributed by atoms with Crippen LogP contribution in [0.15, 0.2) is 6.07 Å². The van der Waals surface area contributed by atoms with Crippen LogP contribution in [0.2, 0.25) is 0 Å². The Morgan fingerprint density at radius 2 is 1.87 bits per heavy atom. The molecular weight excluding hydrogens is 912 g/mol. The van der Waals surface area contributed by atoms with E-state index in [1.807, 2.05) is 6.07 Å². The highest BCUT2D eigenvalue weighted by Crippen LogP contribution is 2.57. The van der Waals surface area contributed by atoms with Crippen molar-refractivity contribution in [3.8, 4) is 5.75 Å². The molecule has 1 aromatic rings. The Morgan fingerprint density at radius 1 is 1.21 bits per heavy atom. The standard InChI is InChI=1S/C19H14F5I3O9S2/c20-18(21,22)16(19(23,24)38(30,31)32)35-12(28)4-33-15(29)6-1-11-17(3-10(6)34-11)36-14-7(5-37-17)13(27)8(25)2-9(14)26/h2,6,10-11,16H,1,3-5H2,(H,30,31,32)/p-1. The smallest absolute Gasteiger partial charge is 0.432 e. The zero-order chi connectivity index (χ0) is 28.4. The molecule has 0 aromatic heterocycles. The molecule has 0 aliphatic carbocycles. The number of rotatable bonds is 6. The fraction of sp³-hybridized carbons (Fsp3) is 0.579. The van der Waals surface area contributed by atoms with Crippen molar-refractivity contribution < 1.29 is 63.5 Å². The van der Waals surface area contributed by atoms with Crippen molar-refractivity contribution in [2.75, 3.05) is 6.61 Å². The lowest BCUT2D eigenvalue weighted by Crippen LogP contribution is -2.52. The molecule has 4 rings (SSSR count). The maximum absolute atomic E-state index is 13.5. The molecular formula is C19H13F5I3O9S2-. The fourth-order valence-corrected chi connectivity index (χ4v) is 8.96. The van der Waals surface area contributed by atoms with Crippen molar-refractivity contribution >= 4 is 102 Å². The van der Waals surface area contributed by atoms with Crippen LogP contribution in [0.5, 0.6) is 5.75 Å². The van der Waals surface area contributed by atoms with E-state index in [0.29, 0.717) is 5.75 Å². The summed E-state index contributed by atoms with van der Waals surface area (Å²) < 4.78 is 121. The zero-order valence-electron chi connectivity index (χ0n) is 18.2. The van der Waals surface area contributed by atoms with Gasteiger partial charge in [0.1, 0.15) is 11.9 Å². The number of carbonyl (C=O) groups excluding carboxylic acids is 2. The molecule has 2 bridgehead atoms. The lowest BCUT2D eigenvalue weighted by molar-refractivity contribution is -0.260. The van der Waals surface area contributed by atoms with Crippen LogP contribution in [0.4, 0.5) is 22.0 Å². The minimum Gasteiger partial charge on any atom is -0.743 e. The van der Waals surface area contributed by atoms with Crippen LogP contribution >= 0.6 is 79.5 Å². The molecule has 0 N–H and O–H groups in total. The van der Waals surface area contributed by atoms with Gasteiger partial charge >= 0.3 is 23.4 Å². The highest BCUT2D eigenvalue weighted by Gasteiger charge is 2.64. The summed E-state index contributed by atoms with van der Waals surface area (Å²) in [5.74, 6) is -2.72. The highest BCUT2D eigenvalue weighted by atomic mass is 127. The molecule has 0 saturated carbocycles. The van der Waals surface area contributed by atoms with Crippen molar-refractivity contribution in [1.29, 1.82) is 0 Å². The first-order chi connectivity index (χ1) is 17.4. The van der Waals surface area contributed by atoms with Crippen molar-refractivity contribution in [2.45, 2.75) is 53.3 Å². The molecule has 212 valence electrons. The summed E-state index contributed by atoms with van der Waals surface area (Å²) in [5.41, 5.74) is 1.04. The third kappa shape index (κ3) is 5.70. The minimum absolute atomic E-state index is 0.108. The average molecular weight is 925 g/mol. The molecule has 2 fully saturated rings. The number of thioether (sulfide) groups is 1. The van der Waals surface area contributed by atoms with Crippen molar-refractivity contribution in [2.24, 2.45) is 5.92 Å². The number of carbonyl (C=O) groups is 2. The fourth-order valence-electron chi connectivity index (χ4n) is 4.26. The number of benzene rings is 1. The number of fused-ring (bicyclic) bond motifs is 4. The molecule has 5 unspecified atom stereocenters. The molecule has 3 heterocycles. The quantitative estimate of drug-likeness (QED) is 0.135. The number of esters is 2. The average Bonchev–Trinajstić information content (AvgIpc) is 3.36. The van der Waals surface area contributed by atoms with E-state index in [1.54, 1.807) is 0 Å². The van der Waals surface area contributed by atoms with Crippen LogP contribution in [0.3, 0.4) is 0 Å². The molecule has 3 aliphatic heterocycles. The van der Waals surface area contributed by atoms with Gasteiger partial charge in [0.2, 0.25) is 0 Å². The topological polar surface area (TPSA) is 128 Å². The van der Waals surface area contributed by atoms with E-state index in [4.69, 9.17) is 9.47 Å². The third-order valence-corrected chi connectivity index (χ3v) is 12.2. The van der Waals surface area contributed by atoms with E-state index in [2.05, 4.69) is 77.2 Å². The summed E-state index contributed by atoms with van der Waals surface area (Å²) >= 11 is 8.16. The lowest BCUT2D eigenvalue weighted by atomic mass is 9.86. The number of alkyl halides is 5. The Labute approximate surface area is 256 Å². The highest BCUT2D eigenvalue weighted by molar-refractivity contribution is 14.1. The lowest BCUT2D eigenvalue weighted by Gasteiger charge is -2.40. The Kier molecular flexibility index (Phi) is 8.71. The third-order valence-electron chi connectivity index (χ3n) is 6.01. The largest absolute Gasteiger partial charge is 0.743 e. The van der Waals surface area contributed by atoms with Gasteiger partial charge in [-0.1, -0.05) is 0 Å². The van der Waals surface area contributed by atoms with Gasteiger partial charge in [-0.3, -0.25) is 4.79 Å². The molecule has 5 atom stereocenters. The first kappa shape index (κ1) is 31.0. The Balaban J connectivity index is 1.37. The molecule has 0 amide bonds. The van der Waals surface area contributed by atoms with Gasteiger partial charge in [-0.25, -0.2) is 13.2 Å². The summed E-state index contributed by atoms with van der Waals surface area (Å²) in [6.45, 7) is -1.52. The summed E-state index contributed by atoms with van der Waals surface area (Å²) in [6.07, 6.45) is -11.5. The maximum Gasteiger partial charge on any atom is 0.432 e. The molecule has 19 heteroatoms. The number of hydrogen-bond donors (Lipinski definition) is 0. The zero-order valence-corrected chi connectivity index (χ0v) is 26.3. The molecule has 2 saturated heterocycles.